The molecule has 1 aromatic rings. The average molecular weight is 279 g/mol. The summed E-state index contributed by atoms with van der Waals surface area (Å²) < 4.78 is 11.2. The molecule has 0 saturated heterocycles. The van der Waals surface area contributed by atoms with E-state index in [9.17, 15) is 0 Å². The van der Waals surface area contributed by atoms with Crippen LogP contribution in [0.5, 0.6) is 5.75 Å². The average Bonchev–Trinajstić information content (AvgIpc) is 2.41. The van der Waals surface area contributed by atoms with Crippen LogP contribution in [-0.4, -0.2) is 25.9 Å². The van der Waals surface area contributed by atoms with Crippen molar-refractivity contribution in [2.24, 2.45) is 5.92 Å². The lowest BCUT2D eigenvalue weighted by Gasteiger charge is -2.10. The van der Waals surface area contributed by atoms with E-state index in [1.165, 1.54) is 5.56 Å². The van der Waals surface area contributed by atoms with E-state index in [2.05, 4.69) is 45.1 Å². The Morgan fingerprint density at radius 2 is 1.65 bits per heavy atom. The number of hydrogen-bond donors (Lipinski definition) is 1. The second-order valence-corrected chi connectivity index (χ2v) is 5.82. The molecule has 0 radical (unpaired) electrons. The number of ether oxygens (including phenoxy) is 2. The predicted octanol–water partition coefficient (Wildman–Crippen LogP) is 3.63. The molecule has 3 heteroatoms. The molecule has 0 atom stereocenters. The largest absolute Gasteiger partial charge is 0.491 e. The summed E-state index contributed by atoms with van der Waals surface area (Å²) in [5, 5.41) is 3.40. The van der Waals surface area contributed by atoms with E-state index >= 15 is 0 Å². The van der Waals surface area contributed by atoms with Crippen molar-refractivity contribution in [2.45, 2.75) is 46.7 Å². The maximum atomic E-state index is 5.65. The van der Waals surface area contributed by atoms with Crippen LogP contribution in [-0.2, 0) is 11.3 Å². The lowest BCUT2D eigenvalue weighted by atomic mass is 10.1. The van der Waals surface area contributed by atoms with E-state index in [-0.39, 0.29) is 0 Å². The Labute approximate surface area is 123 Å². The van der Waals surface area contributed by atoms with Crippen LogP contribution in [0.2, 0.25) is 0 Å². The topological polar surface area (TPSA) is 30.5 Å². The molecule has 0 unspecified atom stereocenters. The molecule has 0 aliphatic rings. The predicted molar refractivity (Wildman–Crippen MR) is 84.2 cm³/mol. The molecule has 3 nitrogen and oxygen atoms in total. The van der Waals surface area contributed by atoms with Crippen LogP contribution in [0.3, 0.4) is 0 Å². The van der Waals surface area contributed by atoms with Gasteiger partial charge in [0.1, 0.15) is 12.4 Å². The molecular weight excluding hydrogens is 250 g/mol. The normalized spacial score (nSPS) is 11.3. The van der Waals surface area contributed by atoms with Crippen molar-refractivity contribution in [1.82, 2.24) is 5.32 Å². The van der Waals surface area contributed by atoms with Gasteiger partial charge < -0.3 is 14.8 Å². The molecule has 0 aromatic heterocycles. The van der Waals surface area contributed by atoms with Crippen LogP contribution in [0.4, 0.5) is 0 Å². The van der Waals surface area contributed by atoms with Gasteiger partial charge in [-0.3, -0.25) is 0 Å². The summed E-state index contributed by atoms with van der Waals surface area (Å²) >= 11 is 0. The first kappa shape index (κ1) is 17.0. The number of nitrogens with one attached hydrogen (secondary N) is 1. The highest BCUT2D eigenvalue weighted by molar-refractivity contribution is 5.27. The quantitative estimate of drug-likeness (QED) is 0.663. The third-order valence-corrected chi connectivity index (χ3v) is 2.97. The molecule has 0 fully saturated rings. The second kappa shape index (κ2) is 9.78. The van der Waals surface area contributed by atoms with E-state index < -0.39 is 0 Å². The molecule has 1 N–H and O–H groups in total. The maximum Gasteiger partial charge on any atom is 0.119 e. The minimum Gasteiger partial charge on any atom is -0.491 e. The monoisotopic (exact) mass is 279 g/mol. The number of hydrogen-bond acceptors (Lipinski definition) is 3. The van der Waals surface area contributed by atoms with Gasteiger partial charge in [-0.2, -0.15) is 0 Å². The maximum absolute atomic E-state index is 5.65. The first-order valence-corrected chi connectivity index (χ1v) is 7.60. The van der Waals surface area contributed by atoms with Gasteiger partial charge >= 0.3 is 0 Å². The zero-order chi connectivity index (χ0) is 14.8. The highest BCUT2D eigenvalue weighted by Gasteiger charge is 1.98. The van der Waals surface area contributed by atoms with Gasteiger partial charge in [-0.25, -0.2) is 0 Å². The minimum atomic E-state index is 0.508. The Morgan fingerprint density at radius 3 is 2.25 bits per heavy atom. The third kappa shape index (κ3) is 8.18. The first-order valence-electron chi connectivity index (χ1n) is 7.60. The fraction of sp³-hybridized carbons (Fsp3) is 0.647. The van der Waals surface area contributed by atoms with E-state index in [1.807, 2.05) is 12.1 Å². The van der Waals surface area contributed by atoms with Gasteiger partial charge in [0.2, 0.25) is 0 Å². The Morgan fingerprint density at radius 1 is 0.950 bits per heavy atom. The number of benzene rings is 1. The second-order valence-electron chi connectivity index (χ2n) is 5.82. The Kier molecular flexibility index (Phi) is 8.31. The van der Waals surface area contributed by atoms with Crippen molar-refractivity contribution < 1.29 is 9.47 Å². The molecule has 20 heavy (non-hydrogen) atoms. The van der Waals surface area contributed by atoms with Crippen molar-refractivity contribution in [1.29, 1.82) is 0 Å². The summed E-state index contributed by atoms with van der Waals surface area (Å²) in [5.41, 5.74) is 1.28. The molecular formula is C17H29NO2. The minimum absolute atomic E-state index is 0.508. The fourth-order valence-electron chi connectivity index (χ4n) is 1.67. The molecule has 0 aliphatic carbocycles. The highest BCUT2D eigenvalue weighted by atomic mass is 16.5. The van der Waals surface area contributed by atoms with Crippen LogP contribution in [0, 0.1) is 5.92 Å². The van der Waals surface area contributed by atoms with Crippen LogP contribution in [0.25, 0.3) is 0 Å². The van der Waals surface area contributed by atoms with Gasteiger partial charge in [0, 0.05) is 19.2 Å². The lowest BCUT2D eigenvalue weighted by Crippen LogP contribution is -2.21. The molecule has 1 rings (SSSR count). The summed E-state index contributed by atoms with van der Waals surface area (Å²) in [4.78, 5) is 0. The van der Waals surface area contributed by atoms with E-state index in [4.69, 9.17) is 9.47 Å². The zero-order valence-electron chi connectivity index (χ0n) is 13.3. The van der Waals surface area contributed by atoms with Crippen molar-refractivity contribution >= 4 is 0 Å². The molecule has 0 heterocycles. The van der Waals surface area contributed by atoms with Crippen LogP contribution in [0.1, 0.15) is 39.7 Å². The van der Waals surface area contributed by atoms with Gasteiger partial charge in [-0.15, -0.1) is 0 Å². The van der Waals surface area contributed by atoms with Crippen LogP contribution < -0.4 is 10.1 Å². The molecule has 1 aromatic carbocycles. The van der Waals surface area contributed by atoms with Crippen molar-refractivity contribution in [3.8, 4) is 5.75 Å². The Bertz CT molecular complexity index is 347. The summed E-state index contributed by atoms with van der Waals surface area (Å²) in [5.74, 6) is 1.61. The Hall–Kier alpha value is -1.06. The third-order valence-electron chi connectivity index (χ3n) is 2.97. The summed E-state index contributed by atoms with van der Waals surface area (Å²) in [6, 6.07) is 8.75. The molecule has 0 bridgehead atoms. The summed E-state index contributed by atoms with van der Waals surface area (Å²) in [6.07, 6.45) is 1.11. The molecule has 0 amide bonds. The standard InChI is InChI=1S/C17H29NO2/c1-14(2)9-10-19-11-12-20-17-7-5-16(6-8-17)13-18-15(3)4/h5-8,14-15,18H,9-13H2,1-4H3. The molecule has 0 spiro atoms. The van der Waals surface area contributed by atoms with Gasteiger partial charge in [-0.1, -0.05) is 39.8 Å². The van der Waals surface area contributed by atoms with Crippen molar-refractivity contribution in [3.05, 3.63) is 29.8 Å². The Balaban J connectivity index is 2.15. The molecule has 0 aliphatic heterocycles. The van der Waals surface area contributed by atoms with Crippen molar-refractivity contribution in [2.75, 3.05) is 19.8 Å². The van der Waals surface area contributed by atoms with Gasteiger partial charge in [0.25, 0.3) is 0 Å². The van der Waals surface area contributed by atoms with E-state index in [0.29, 0.717) is 25.2 Å². The SMILES string of the molecule is CC(C)CCOCCOc1ccc(CNC(C)C)cc1. The molecule has 0 saturated carbocycles. The van der Waals surface area contributed by atoms with Crippen LogP contribution in [0.15, 0.2) is 24.3 Å². The summed E-state index contributed by atoms with van der Waals surface area (Å²) in [6.45, 7) is 11.7. The van der Waals surface area contributed by atoms with Gasteiger partial charge in [0.15, 0.2) is 0 Å². The number of rotatable bonds is 10. The smallest absolute Gasteiger partial charge is 0.119 e. The zero-order valence-corrected chi connectivity index (χ0v) is 13.3. The van der Waals surface area contributed by atoms with E-state index in [0.717, 1.165) is 25.3 Å². The fourth-order valence-corrected chi connectivity index (χ4v) is 1.67. The van der Waals surface area contributed by atoms with Crippen molar-refractivity contribution in [3.63, 3.8) is 0 Å². The summed E-state index contributed by atoms with van der Waals surface area (Å²) in [7, 11) is 0. The van der Waals surface area contributed by atoms with Crippen LogP contribution >= 0.6 is 0 Å². The first-order chi connectivity index (χ1) is 9.58. The van der Waals surface area contributed by atoms with E-state index in [1.54, 1.807) is 0 Å². The highest BCUT2D eigenvalue weighted by Crippen LogP contribution is 2.12. The molecule has 114 valence electrons. The van der Waals surface area contributed by atoms with Gasteiger partial charge in [-0.05, 0) is 30.0 Å². The van der Waals surface area contributed by atoms with Gasteiger partial charge in [0.05, 0.1) is 6.61 Å². The lowest BCUT2D eigenvalue weighted by molar-refractivity contribution is 0.0926.